The summed E-state index contributed by atoms with van der Waals surface area (Å²) in [5, 5.41) is 3.36. The Morgan fingerprint density at radius 1 is 1.24 bits per heavy atom. The lowest BCUT2D eigenvalue weighted by atomic mass is 9.94. The first-order valence-electron chi connectivity index (χ1n) is 10.1. The highest BCUT2D eigenvalue weighted by atomic mass is 32.1. The van der Waals surface area contributed by atoms with E-state index in [1.54, 1.807) is 13.2 Å². The Labute approximate surface area is 177 Å². The third kappa shape index (κ3) is 7.20. The minimum Gasteiger partial charge on any atom is -0.493 e. The number of amides is 2. The summed E-state index contributed by atoms with van der Waals surface area (Å²) in [7, 11) is 1.55. The Hall–Kier alpha value is -2.35. The number of primary amides is 1. The second-order valence-electron chi connectivity index (χ2n) is 7.26. The fraction of sp³-hybridized carbons (Fsp3) is 0.571. The summed E-state index contributed by atoms with van der Waals surface area (Å²) in [6.07, 6.45) is 6.91. The second-order valence-corrected chi connectivity index (χ2v) is 7.65. The molecule has 1 saturated carbocycles. The van der Waals surface area contributed by atoms with Gasteiger partial charge in [0.05, 0.1) is 7.11 Å². The van der Waals surface area contributed by atoms with E-state index in [9.17, 15) is 9.59 Å². The van der Waals surface area contributed by atoms with Crippen LogP contribution in [-0.2, 0) is 16.1 Å². The number of thiocarbonyl (C=S) groups is 1. The van der Waals surface area contributed by atoms with Crippen molar-refractivity contribution < 1.29 is 19.1 Å². The fourth-order valence-corrected chi connectivity index (χ4v) is 3.84. The maximum atomic E-state index is 12.1. The van der Waals surface area contributed by atoms with Gasteiger partial charge in [0.1, 0.15) is 0 Å². The summed E-state index contributed by atoms with van der Waals surface area (Å²) >= 11 is 5.59. The van der Waals surface area contributed by atoms with Gasteiger partial charge in [-0.3, -0.25) is 9.59 Å². The lowest BCUT2D eigenvalue weighted by molar-refractivity contribution is -0.120. The number of methoxy groups -OCH3 is 1. The van der Waals surface area contributed by atoms with Crippen LogP contribution in [-0.4, -0.2) is 41.6 Å². The van der Waals surface area contributed by atoms with Crippen LogP contribution in [0.5, 0.6) is 11.5 Å². The van der Waals surface area contributed by atoms with Gasteiger partial charge in [0, 0.05) is 19.0 Å². The van der Waals surface area contributed by atoms with Gasteiger partial charge in [0.25, 0.3) is 5.91 Å². The first-order valence-corrected chi connectivity index (χ1v) is 10.5. The molecule has 7 nitrogen and oxygen atoms in total. The SMILES string of the molecule is CCCC(=O)NC(=S)N(Cc1ccc(OCC(N)=O)c(OC)c1)C1CCCCC1. The molecule has 0 aliphatic heterocycles. The molecule has 0 unspecified atom stereocenters. The normalized spacial score (nSPS) is 14.1. The van der Waals surface area contributed by atoms with Crippen LogP contribution >= 0.6 is 12.2 Å². The first-order chi connectivity index (χ1) is 13.9. The highest BCUT2D eigenvalue weighted by molar-refractivity contribution is 7.80. The molecule has 0 atom stereocenters. The van der Waals surface area contributed by atoms with Crippen molar-refractivity contribution in [3.8, 4) is 11.5 Å². The van der Waals surface area contributed by atoms with E-state index in [4.69, 9.17) is 27.4 Å². The maximum absolute atomic E-state index is 12.1. The molecule has 1 fully saturated rings. The molecule has 0 saturated heterocycles. The van der Waals surface area contributed by atoms with Crippen molar-refractivity contribution in [2.45, 2.75) is 64.5 Å². The van der Waals surface area contributed by atoms with Gasteiger partial charge in [-0.15, -0.1) is 0 Å². The molecule has 0 radical (unpaired) electrons. The monoisotopic (exact) mass is 421 g/mol. The van der Waals surface area contributed by atoms with Crippen molar-refractivity contribution in [2.24, 2.45) is 5.73 Å². The van der Waals surface area contributed by atoms with Crippen molar-refractivity contribution in [3.05, 3.63) is 23.8 Å². The molecule has 2 amide bonds. The topological polar surface area (TPSA) is 93.9 Å². The molecule has 29 heavy (non-hydrogen) atoms. The quantitative estimate of drug-likeness (QED) is 0.596. The summed E-state index contributed by atoms with van der Waals surface area (Å²) in [6, 6.07) is 5.83. The van der Waals surface area contributed by atoms with Crippen molar-refractivity contribution in [3.63, 3.8) is 0 Å². The third-order valence-corrected chi connectivity index (χ3v) is 5.29. The van der Waals surface area contributed by atoms with Crippen LogP contribution in [0.1, 0.15) is 57.4 Å². The highest BCUT2D eigenvalue weighted by Crippen LogP contribution is 2.30. The number of nitrogens with two attached hydrogens (primary N) is 1. The Balaban J connectivity index is 2.17. The molecule has 8 heteroatoms. The minimum absolute atomic E-state index is 0.0499. The molecule has 1 aliphatic carbocycles. The van der Waals surface area contributed by atoms with Crippen molar-refractivity contribution in [2.75, 3.05) is 13.7 Å². The fourth-order valence-electron chi connectivity index (χ4n) is 3.52. The molecule has 0 heterocycles. The van der Waals surface area contributed by atoms with Crippen LogP contribution in [0.15, 0.2) is 18.2 Å². The molecule has 1 aliphatic rings. The van der Waals surface area contributed by atoms with Crippen LogP contribution in [0.25, 0.3) is 0 Å². The maximum Gasteiger partial charge on any atom is 0.255 e. The highest BCUT2D eigenvalue weighted by Gasteiger charge is 2.24. The number of carbonyl (C=O) groups excluding carboxylic acids is 2. The zero-order valence-corrected chi connectivity index (χ0v) is 18.1. The number of nitrogens with one attached hydrogen (secondary N) is 1. The third-order valence-electron chi connectivity index (χ3n) is 4.95. The van der Waals surface area contributed by atoms with E-state index in [2.05, 4.69) is 10.2 Å². The average Bonchev–Trinajstić information content (AvgIpc) is 2.71. The standard InChI is InChI=1S/C21H31N3O4S/c1-3-7-20(26)23-21(29)24(16-8-5-4-6-9-16)13-15-10-11-17(18(12-15)27-2)28-14-19(22)25/h10-12,16H,3-9,13-14H2,1-2H3,(H2,22,25)(H,23,26,29). The van der Waals surface area contributed by atoms with E-state index in [1.165, 1.54) is 6.42 Å². The van der Waals surface area contributed by atoms with Gasteiger partial charge in [-0.05, 0) is 49.2 Å². The van der Waals surface area contributed by atoms with E-state index in [0.29, 0.717) is 35.6 Å². The molecule has 160 valence electrons. The zero-order valence-electron chi connectivity index (χ0n) is 17.2. The second kappa shape index (κ2) is 11.6. The minimum atomic E-state index is -0.548. The number of benzene rings is 1. The van der Waals surface area contributed by atoms with E-state index in [1.807, 2.05) is 19.1 Å². The summed E-state index contributed by atoms with van der Waals surface area (Å²) in [5.74, 6) is 0.380. The first kappa shape index (κ1) is 22.9. The molecule has 1 aromatic rings. The van der Waals surface area contributed by atoms with Crippen LogP contribution < -0.4 is 20.5 Å². The average molecular weight is 422 g/mol. The number of ether oxygens (including phenoxy) is 2. The predicted molar refractivity (Wildman–Crippen MR) is 116 cm³/mol. The Morgan fingerprint density at radius 2 is 1.97 bits per heavy atom. The lowest BCUT2D eigenvalue weighted by Crippen LogP contribution is -2.48. The summed E-state index contributed by atoms with van der Waals surface area (Å²) < 4.78 is 10.8. The van der Waals surface area contributed by atoms with Crippen LogP contribution in [0.2, 0.25) is 0 Å². The lowest BCUT2D eigenvalue weighted by Gasteiger charge is -2.36. The van der Waals surface area contributed by atoms with Crippen molar-refractivity contribution in [1.82, 2.24) is 10.2 Å². The predicted octanol–water partition coefficient (Wildman–Crippen LogP) is 2.90. The van der Waals surface area contributed by atoms with E-state index in [-0.39, 0.29) is 12.5 Å². The van der Waals surface area contributed by atoms with Gasteiger partial charge < -0.3 is 25.4 Å². The molecule has 0 bridgehead atoms. The van der Waals surface area contributed by atoms with Crippen LogP contribution in [0.3, 0.4) is 0 Å². The molecule has 1 aromatic carbocycles. The van der Waals surface area contributed by atoms with Gasteiger partial charge in [-0.25, -0.2) is 0 Å². The largest absolute Gasteiger partial charge is 0.493 e. The Kier molecular flexibility index (Phi) is 9.18. The molecule has 2 rings (SSSR count). The Morgan fingerprint density at radius 3 is 2.59 bits per heavy atom. The molecular formula is C21H31N3O4S. The van der Waals surface area contributed by atoms with Gasteiger partial charge in [-0.2, -0.15) is 0 Å². The molecule has 0 spiro atoms. The summed E-state index contributed by atoms with van der Waals surface area (Å²) in [4.78, 5) is 25.1. The van der Waals surface area contributed by atoms with E-state index >= 15 is 0 Å². The van der Waals surface area contributed by atoms with E-state index < -0.39 is 5.91 Å². The van der Waals surface area contributed by atoms with Crippen molar-refractivity contribution >= 4 is 29.1 Å². The van der Waals surface area contributed by atoms with Crippen LogP contribution in [0, 0.1) is 0 Å². The smallest absolute Gasteiger partial charge is 0.255 e. The van der Waals surface area contributed by atoms with Gasteiger partial charge >= 0.3 is 0 Å². The number of rotatable bonds is 9. The van der Waals surface area contributed by atoms with Gasteiger partial charge in [-0.1, -0.05) is 32.3 Å². The Bertz CT molecular complexity index is 720. The molecule has 3 N–H and O–H groups in total. The number of carbonyl (C=O) groups is 2. The molecular weight excluding hydrogens is 390 g/mol. The van der Waals surface area contributed by atoms with E-state index in [0.717, 1.165) is 37.7 Å². The zero-order chi connectivity index (χ0) is 21.2. The number of hydrogen-bond acceptors (Lipinski definition) is 5. The molecule has 0 aromatic heterocycles. The van der Waals surface area contributed by atoms with Crippen LogP contribution in [0.4, 0.5) is 0 Å². The van der Waals surface area contributed by atoms with Gasteiger partial charge in [0.15, 0.2) is 23.2 Å². The van der Waals surface area contributed by atoms with Crippen molar-refractivity contribution in [1.29, 1.82) is 0 Å². The summed E-state index contributed by atoms with van der Waals surface area (Å²) in [5.41, 5.74) is 6.12. The number of hydrogen-bond donors (Lipinski definition) is 2. The summed E-state index contributed by atoms with van der Waals surface area (Å²) in [6.45, 7) is 2.31. The number of nitrogens with zero attached hydrogens (tertiary/aromatic N) is 1. The van der Waals surface area contributed by atoms with Gasteiger partial charge in [0.2, 0.25) is 5.91 Å².